The van der Waals surface area contributed by atoms with Crippen molar-refractivity contribution >= 4 is 16.9 Å². The normalized spacial score (nSPS) is 24.2. The van der Waals surface area contributed by atoms with Crippen molar-refractivity contribution in [2.45, 2.75) is 69.5 Å². The first-order valence-electron chi connectivity index (χ1n) is 12.4. The Bertz CT molecular complexity index is 1280. The van der Waals surface area contributed by atoms with Crippen LogP contribution in [0.5, 0.6) is 0 Å². The number of likely N-dealkylation sites (tertiary alicyclic amines) is 1. The maximum absolute atomic E-state index is 13.5. The van der Waals surface area contributed by atoms with Crippen LogP contribution in [0.1, 0.15) is 79.8 Å². The van der Waals surface area contributed by atoms with Gasteiger partial charge in [0.15, 0.2) is 0 Å². The van der Waals surface area contributed by atoms with Gasteiger partial charge in [-0.05, 0) is 80.2 Å². The lowest BCUT2D eigenvalue weighted by atomic mass is 9.80. The molecule has 6 heteroatoms. The average Bonchev–Trinajstić information content (AvgIpc) is 3.38. The van der Waals surface area contributed by atoms with E-state index in [-0.39, 0.29) is 11.7 Å². The average molecular weight is 445 g/mol. The van der Waals surface area contributed by atoms with Gasteiger partial charge >= 0.3 is 5.69 Å². The number of carbonyl (C=O) groups excluding carboxylic acids is 1. The van der Waals surface area contributed by atoms with E-state index in [0.717, 1.165) is 42.9 Å². The number of nitrogens with two attached hydrogens (primary N) is 1. The Morgan fingerprint density at radius 2 is 1.73 bits per heavy atom. The molecule has 6 rings (SSSR count). The number of amides is 1. The van der Waals surface area contributed by atoms with Crippen LogP contribution in [-0.2, 0) is 11.2 Å². The molecule has 1 saturated heterocycles. The first-order valence-corrected chi connectivity index (χ1v) is 12.4. The Kier molecular flexibility index (Phi) is 4.94. The van der Waals surface area contributed by atoms with Gasteiger partial charge in [-0.3, -0.25) is 18.8 Å². The summed E-state index contributed by atoms with van der Waals surface area (Å²) in [7, 11) is 0. The van der Waals surface area contributed by atoms with Crippen molar-refractivity contribution in [1.29, 1.82) is 0 Å². The zero-order chi connectivity index (χ0) is 22.7. The molecule has 1 fully saturated rings. The van der Waals surface area contributed by atoms with Crippen LogP contribution in [0.2, 0.25) is 0 Å². The number of nitrogens with zero attached hydrogens (tertiary/aromatic N) is 3. The van der Waals surface area contributed by atoms with Crippen molar-refractivity contribution in [3.8, 4) is 0 Å². The Morgan fingerprint density at radius 3 is 2.48 bits per heavy atom. The molecule has 3 unspecified atom stereocenters. The van der Waals surface area contributed by atoms with Crippen LogP contribution in [0.25, 0.3) is 11.0 Å². The minimum absolute atomic E-state index is 0.123. The number of fused-ring (bicyclic) bond motifs is 1. The van der Waals surface area contributed by atoms with Gasteiger partial charge in [-0.2, -0.15) is 0 Å². The van der Waals surface area contributed by atoms with Crippen LogP contribution >= 0.6 is 0 Å². The summed E-state index contributed by atoms with van der Waals surface area (Å²) >= 11 is 0. The van der Waals surface area contributed by atoms with Gasteiger partial charge in [0.25, 0.3) is 0 Å². The molecular formula is C27H32N4O2. The zero-order valence-corrected chi connectivity index (χ0v) is 19.2. The first kappa shape index (κ1) is 20.7. The predicted octanol–water partition coefficient (Wildman–Crippen LogP) is 4.05. The zero-order valence-electron chi connectivity index (χ0n) is 19.2. The summed E-state index contributed by atoms with van der Waals surface area (Å²) in [4.78, 5) is 28.0. The Balaban J connectivity index is 1.28. The molecule has 0 bridgehead atoms. The van der Waals surface area contributed by atoms with Crippen LogP contribution in [0, 0.1) is 0 Å². The van der Waals surface area contributed by atoms with E-state index in [9.17, 15) is 9.59 Å². The van der Waals surface area contributed by atoms with Gasteiger partial charge in [-0.25, -0.2) is 4.79 Å². The molecular weight excluding hydrogens is 412 g/mol. The number of benzene rings is 2. The molecule has 0 saturated carbocycles. The SMILES string of the molecule is CC(C(N)=O)n1c(=O)n(C2CCN(C3CCC4CCc5cccc3c54)CC2)c2ccccc21. The molecule has 33 heavy (non-hydrogen) atoms. The van der Waals surface area contributed by atoms with E-state index < -0.39 is 11.9 Å². The van der Waals surface area contributed by atoms with Crippen LogP contribution in [0.3, 0.4) is 0 Å². The van der Waals surface area contributed by atoms with E-state index in [2.05, 4.69) is 23.1 Å². The molecule has 0 spiro atoms. The lowest BCUT2D eigenvalue weighted by molar-refractivity contribution is -0.120. The summed E-state index contributed by atoms with van der Waals surface area (Å²) in [6.45, 7) is 3.68. The fraction of sp³-hybridized carbons (Fsp3) is 0.481. The molecule has 0 radical (unpaired) electrons. The Hall–Kier alpha value is -2.86. The number of aromatic nitrogens is 2. The van der Waals surface area contributed by atoms with Crippen molar-refractivity contribution in [1.82, 2.24) is 14.0 Å². The number of imidazole rings is 1. The van der Waals surface area contributed by atoms with Gasteiger partial charge in [0.2, 0.25) is 5.91 Å². The fourth-order valence-corrected chi connectivity index (χ4v) is 6.80. The standard InChI is InChI=1S/C27H32N4O2/c1-17(26(28)32)30-23-7-2-3-8-24(23)31(27(30)33)20-13-15-29(16-14-20)22-12-11-19-10-9-18-5-4-6-21(22)25(18)19/h2-8,17,19-20,22H,9-16H2,1H3,(H2,28,32). The second-order valence-electron chi connectivity index (χ2n) is 10.1. The quantitative estimate of drug-likeness (QED) is 0.660. The van der Waals surface area contributed by atoms with E-state index >= 15 is 0 Å². The number of aryl methyl sites for hydroxylation is 1. The van der Waals surface area contributed by atoms with Gasteiger partial charge in [0, 0.05) is 25.2 Å². The van der Waals surface area contributed by atoms with E-state index in [1.165, 1.54) is 25.7 Å². The molecule has 3 atom stereocenters. The third-order valence-corrected chi connectivity index (χ3v) is 8.47. The monoisotopic (exact) mass is 444 g/mol. The summed E-state index contributed by atoms with van der Waals surface area (Å²) in [5.41, 5.74) is 11.9. The smallest absolute Gasteiger partial charge is 0.330 e. The Labute approximate surface area is 194 Å². The number of para-hydroxylation sites is 2. The third-order valence-electron chi connectivity index (χ3n) is 8.47. The summed E-state index contributed by atoms with van der Waals surface area (Å²) in [5.74, 6) is 0.280. The molecule has 1 aliphatic heterocycles. The number of piperidine rings is 1. The third kappa shape index (κ3) is 3.18. The minimum atomic E-state index is -0.668. The second kappa shape index (κ2) is 7.87. The highest BCUT2D eigenvalue weighted by Gasteiger charge is 2.37. The number of carbonyl (C=O) groups is 1. The fourth-order valence-electron chi connectivity index (χ4n) is 6.80. The minimum Gasteiger partial charge on any atom is -0.368 e. The van der Waals surface area contributed by atoms with Crippen molar-refractivity contribution in [3.05, 3.63) is 69.6 Å². The number of primary amides is 1. The van der Waals surface area contributed by atoms with Gasteiger partial charge in [0.05, 0.1) is 11.0 Å². The number of rotatable bonds is 4. The van der Waals surface area contributed by atoms with Gasteiger partial charge in [-0.15, -0.1) is 0 Å². The van der Waals surface area contributed by atoms with E-state index in [4.69, 9.17) is 5.73 Å². The molecule has 1 amide bonds. The molecule has 172 valence electrons. The highest BCUT2D eigenvalue weighted by molar-refractivity contribution is 5.82. The Morgan fingerprint density at radius 1 is 0.970 bits per heavy atom. The van der Waals surface area contributed by atoms with Crippen molar-refractivity contribution < 1.29 is 4.79 Å². The summed E-state index contributed by atoms with van der Waals surface area (Å²) in [6.07, 6.45) is 6.96. The van der Waals surface area contributed by atoms with Crippen LogP contribution in [0.15, 0.2) is 47.3 Å². The maximum atomic E-state index is 13.5. The molecule has 1 aromatic heterocycles. The topological polar surface area (TPSA) is 73.3 Å². The lowest BCUT2D eigenvalue weighted by Crippen LogP contribution is -2.41. The number of hydrogen-bond acceptors (Lipinski definition) is 3. The van der Waals surface area contributed by atoms with Gasteiger partial charge < -0.3 is 5.73 Å². The molecule has 2 aliphatic carbocycles. The van der Waals surface area contributed by atoms with E-state index in [1.807, 2.05) is 28.8 Å². The predicted molar refractivity (Wildman–Crippen MR) is 129 cm³/mol. The summed E-state index contributed by atoms with van der Waals surface area (Å²) in [5, 5.41) is 0. The van der Waals surface area contributed by atoms with Crippen molar-refractivity contribution in [3.63, 3.8) is 0 Å². The van der Waals surface area contributed by atoms with Gasteiger partial charge in [-0.1, -0.05) is 30.3 Å². The highest BCUT2D eigenvalue weighted by Crippen LogP contribution is 2.48. The van der Waals surface area contributed by atoms with E-state index in [1.54, 1.807) is 28.2 Å². The van der Waals surface area contributed by atoms with Crippen LogP contribution < -0.4 is 11.4 Å². The first-order chi connectivity index (χ1) is 16.0. The molecule has 2 aromatic carbocycles. The number of hydrogen-bond donors (Lipinski definition) is 1. The van der Waals surface area contributed by atoms with Crippen molar-refractivity contribution in [2.75, 3.05) is 13.1 Å². The van der Waals surface area contributed by atoms with Crippen LogP contribution in [0.4, 0.5) is 0 Å². The summed E-state index contributed by atoms with van der Waals surface area (Å²) < 4.78 is 3.49. The van der Waals surface area contributed by atoms with Gasteiger partial charge in [0.1, 0.15) is 6.04 Å². The maximum Gasteiger partial charge on any atom is 0.330 e. The van der Waals surface area contributed by atoms with E-state index in [0.29, 0.717) is 6.04 Å². The summed E-state index contributed by atoms with van der Waals surface area (Å²) in [6, 6.07) is 14.7. The molecule has 2 heterocycles. The van der Waals surface area contributed by atoms with Crippen molar-refractivity contribution in [2.24, 2.45) is 5.73 Å². The second-order valence-corrected chi connectivity index (χ2v) is 10.1. The molecule has 2 N–H and O–H groups in total. The molecule has 3 aromatic rings. The highest BCUT2D eigenvalue weighted by atomic mass is 16.2. The molecule has 6 nitrogen and oxygen atoms in total. The molecule has 3 aliphatic rings. The van der Waals surface area contributed by atoms with Crippen LogP contribution in [-0.4, -0.2) is 33.0 Å². The largest absolute Gasteiger partial charge is 0.368 e. The lowest BCUT2D eigenvalue weighted by Gasteiger charge is -2.41.